The third kappa shape index (κ3) is 18.2. The molecule has 0 N–H and O–H groups in total. The lowest BCUT2D eigenvalue weighted by molar-refractivity contribution is 0.796. The van der Waals surface area contributed by atoms with Crippen LogP contribution in [0.1, 0.15) is 39.5 Å². The van der Waals surface area contributed by atoms with Gasteiger partial charge in [-0.25, -0.2) is 0 Å². The van der Waals surface area contributed by atoms with Crippen molar-refractivity contribution in [2.24, 2.45) is 0 Å². The first-order valence-electron chi connectivity index (χ1n) is 3.73. The fourth-order valence-electron chi connectivity index (χ4n) is 0.553. The zero-order valence-corrected chi connectivity index (χ0v) is 6.82. The lowest BCUT2D eigenvalue weighted by Crippen LogP contribution is -1.72. The van der Waals surface area contributed by atoms with Gasteiger partial charge in [-0.3, -0.25) is 0 Å². The second-order valence-corrected chi connectivity index (χ2v) is 1.87. The van der Waals surface area contributed by atoms with Crippen molar-refractivity contribution in [1.29, 1.82) is 0 Å². The van der Waals surface area contributed by atoms with Crippen LogP contribution in [-0.4, -0.2) is 0 Å². The minimum atomic E-state index is 1.30. The highest BCUT2D eigenvalue weighted by Gasteiger charge is 1.80. The minimum Gasteiger partial charge on any atom is -0.106 e. The molecule has 0 heterocycles. The van der Waals surface area contributed by atoms with Gasteiger partial charge in [0, 0.05) is 0 Å². The Hall–Kier alpha value is -0.260. The molecule has 55 valence electrons. The van der Waals surface area contributed by atoms with E-state index in [-0.39, 0.29) is 0 Å². The maximum atomic E-state index is 3.00. The quantitative estimate of drug-likeness (QED) is 0.400. The van der Waals surface area contributed by atoms with Crippen molar-refractivity contribution in [3.05, 3.63) is 19.6 Å². The van der Waals surface area contributed by atoms with Crippen LogP contribution in [0, 0.1) is 6.42 Å². The Morgan fingerprint density at radius 1 is 1.00 bits per heavy atom. The van der Waals surface area contributed by atoms with Gasteiger partial charge in [-0.05, 0) is 6.42 Å². The van der Waals surface area contributed by atoms with Crippen molar-refractivity contribution >= 4 is 0 Å². The summed E-state index contributed by atoms with van der Waals surface area (Å²) in [4.78, 5) is 0. The third-order valence-electron chi connectivity index (χ3n) is 0.986. The van der Waals surface area contributed by atoms with Gasteiger partial charge in [0.25, 0.3) is 0 Å². The molecule has 1 radical (unpaired) electrons. The van der Waals surface area contributed by atoms with Gasteiger partial charge in [0.15, 0.2) is 0 Å². The topological polar surface area (TPSA) is 0 Å². The van der Waals surface area contributed by atoms with Crippen LogP contribution in [-0.2, 0) is 0 Å². The van der Waals surface area contributed by atoms with E-state index in [1.54, 1.807) is 0 Å². The molecule has 0 saturated heterocycles. The second-order valence-electron chi connectivity index (χ2n) is 1.87. The molecule has 0 aliphatic heterocycles. The first-order chi connectivity index (χ1) is 4.41. The molecule has 0 aromatic carbocycles. The SMILES string of the molecule is C=C.CCC[CH]CCC. The fourth-order valence-corrected chi connectivity index (χ4v) is 0.553. The number of rotatable bonds is 4. The van der Waals surface area contributed by atoms with Crippen LogP contribution in [0.15, 0.2) is 13.2 Å². The molecule has 0 atom stereocenters. The average molecular weight is 127 g/mol. The van der Waals surface area contributed by atoms with Gasteiger partial charge in [-0.2, -0.15) is 0 Å². The number of hydrogen-bond acceptors (Lipinski definition) is 0. The third-order valence-corrected chi connectivity index (χ3v) is 0.986. The zero-order valence-electron chi connectivity index (χ0n) is 6.82. The molecule has 0 saturated carbocycles. The van der Waals surface area contributed by atoms with Crippen LogP contribution in [0.4, 0.5) is 0 Å². The van der Waals surface area contributed by atoms with Crippen LogP contribution < -0.4 is 0 Å². The van der Waals surface area contributed by atoms with Gasteiger partial charge in [-0.15, -0.1) is 13.2 Å². The molecule has 0 nitrogen and oxygen atoms in total. The predicted molar refractivity (Wildman–Crippen MR) is 45.4 cm³/mol. The molecule has 0 rings (SSSR count). The van der Waals surface area contributed by atoms with Crippen molar-refractivity contribution in [1.82, 2.24) is 0 Å². The van der Waals surface area contributed by atoms with Crippen LogP contribution in [0.3, 0.4) is 0 Å². The Morgan fingerprint density at radius 2 is 1.33 bits per heavy atom. The summed E-state index contributed by atoms with van der Waals surface area (Å²) in [6, 6.07) is 0. The predicted octanol–water partition coefficient (Wildman–Crippen LogP) is 3.59. The molecule has 0 aromatic rings. The minimum absolute atomic E-state index is 1.30. The number of hydrogen-bond donors (Lipinski definition) is 0. The highest BCUT2D eigenvalue weighted by Crippen LogP contribution is 1.98. The normalized spacial score (nSPS) is 7.78. The molecular weight excluding hydrogens is 108 g/mol. The summed E-state index contributed by atoms with van der Waals surface area (Å²) in [5.74, 6) is 0. The van der Waals surface area contributed by atoms with Crippen molar-refractivity contribution in [3.8, 4) is 0 Å². The van der Waals surface area contributed by atoms with E-state index in [0.29, 0.717) is 0 Å². The molecule has 0 spiro atoms. The zero-order chi connectivity index (χ0) is 7.54. The summed E-state index contributed by atoms with van der Waals surface area (Å²) in [6.07, 6.45) is 7.57. The Morgan fingerprint density at radius 3 is 1.56 bits per heavy atom. The van der Waals surface area contributed by atoms with Gasteiger partial charge < -0.3 is 0 Å². The largest absolute Gasteiger partial charge is 0.106 e. The molecule has 9 heavy (non-hydrogen) atoms. The van der Waals surface area contributed by atoms with Crippen LogP contribution in [0.25, 0.3) is 0 Å². The van der Waals surface area contributed by atoms with E-state index in [9.17, 15) is 0 Å². The summed E-state index contributed by atoms with van der Waals surface area (Å²) >= 11 is 0. The summed E-state index contributed by atoms with van der Waals surface area (Å²) in [7, 11) is 0. The van der Waals surface area contributed by atoms with Crippen LogP contribution in [0.2, 0.25) is 0 Å². The van der Waals surface area contributed by atoms with E-state index in [4.69, 9.17) is 0 Å². The van der Waals surface area contributed by atoms with Crippen molar-refractivity contribution in [2.45, 2.75) is 39.5 Å². The van der Waals surface area contributed by atoms with Crippen molar-refractivity contribution < 1.29 is 0 Å². The van der Waals surface area contributed by atoms with Crippen molar-refractivity contribution in [3.63, 3.8) is 0 Å². The Bertz CT molecular complexity index is 27.0. The highest BCUT2D eigenvalue weighted by molar-refractivity contribution is 4.60. The van der Waals surface area contributed by atoms with E-state index in [1.807, 2.05) is 0 Å². The molecule has 0 aliphatic carbocycles. The second kappa shape index (κ2) is 15.6. The molecule has 0 fully saturated rings. The maximum Gasteiger partial charge on any atom is -0.0386 e. The van der Waals surface area contributed by atoms with Crippen LogP contribution in [0.5, 0.6) is 0 Å². The Labute approximate surface area is 60.0 Å². The summed E-state index contributed by atoms with van der Waals surface area (Å²) in [6.45, 7) is 10.4. The first-order valence-corrected chi connectivity index (χ1v) is 3.73. The molecule has 0 heteroatoms. The molecule has 0 aromatic heterocycles. The molecule has 0 unspecified atom stereocenters. The van der Waals surface area contributed by atoms with E-state index >= 15 is 0 Å². The van der Waals surface area contributed by atoms with Gasteiger partial charge in [0.2, 0.25) is 0 Å². The number of unbranched alkanes of at least 4 members (excludes halogenated alkanes) is 4. The van der Waals surface area contributed by atoms with Gasteiger partial charge in [0.05, 0.1) is 0 Å². The first kappa shape index (κ1) is 11.5. The van der Waals surface area contributed by atoms with Crippen LogP contribution >= 0.6 is 0 Å². The van der Waals surface area contributed by atoms with E-state index < -0.39 is 0 Å². The van der Waals surface area contributed by atoms with E-state index in [1.165, 1.54) is 25.7 Å². The molecule has 0 aliphatic rings. The smallest absolute Gasteiger partial charge is 0.0386 e. The van der Waals surface area contributed by atoms with Gasteiger partial charge in [0.1, 0.15) is 0 Å². The lowest BCUT2D eigenvalue weighted by Gasteiger charge is -1.90. The monoisotopic (exact) mass is 127 g/mol. The fraction of sp³-hybridized carbons (Fsp3) is 0.667. The van der Waals surface area contributed by atoms with Crippen molar-refractivity contribution in [2.75, 3.05) is 0 Å². The summed E-state index contributed by atoms with van der Waals surface area (Å²) < 4.78 is 0. The molecule has 0 amide bonds. The molecular formula is C9H19. The highest BCUT2D eigenvalue weighted by atomic mass is 13.9. The maximum absolute atomic E-state index is 3.00. The lowest BCUT2D eigenvalue weighted by atomic mass is 10.2. The standard InChI is InChI=1S/C7H15.C2H4/c1-3-5-7-6-4-2;1-2/h7H,3-6H2,1-2H3;1-2H2. The Balaban J connectivity index is 0. The average Bonchev–Trinajstić information content (AvgIpc) is 1.94. The van der Waals surface area contributed by atoms with E-state index in [2.05, 4.69) is 33.4 Å². The Kier molecular flexibility index (Phi) is 20.0. The van der Waals surface area contributed by atoms with Gasteiger partial charge in [-0.1, -0.05) is 39.5 Å². The summed E-state index contributed by atoms with van der Waals surface area (Å²) in [5.41, 5.74) is 0. The van der Waals surface area contributed by atoms with E-state index in [0.717, 1.165) is 0 Å². The van der Waals surface area contributed by atoms with Gasteiger partial charge >= 0.3 is 0 Å². The summed E-state index contributed by atoms with van der Waals surface area (Å²) in [5, 5.41) is 0. The molecule has 0 bridgehead atoms.